The van der Waals surface area contributed by atoms with E-state index < -0.39 is 52.8 Å². The monoisotopic (exact) mass is 535 g/mol. The molecule has 3 fully saturated rings. The van der Waals surface area contributed by atoms with E-state index >= 15 is 0 Å². The van der Waals surface area contributed by atoms with Crippen LogP contribution in [0.5, 0.6) is 0 Å². The van der Waals surface area contributed by atoms with Crippen molar-refractivity contribution in [3.8, 4) is 0 Å². The first-order valence-corrected chi connectivity index (χ1v) is 13.5. The van der Waals surface area contributed by atoms with Gasteiger partial charge in [-0.05, 0) is 35.5 Å². The van der Waals surface area contributed by atoms with Gasteiger partial charge in [0.15, 0.2) is 6.10 Å². The van der Waals surface area contributed by atoms with Gasteiger partial charge in [0, 0.05) is 24.4 Å². The Morgan fingerprint density at radius 2 is 1.74 bits per heavy atom. The number of nitrogens with zero attached hydrogens (tertiary/aromatic N) is 1. The number of aliphatic hydroxyl groups excluding tert-OH is 1. The van der Waals surface area contributed by atoms with E-state index in [0.717, 1.165) is 0 Å². The lowest BCUT2D eigenvalue weighted by Gasteiger charge is -2.39. The van der Waals surface area contributed by atoms with Gasteiger partial charge >= 0.3 is 0 Å². The number of carbonyl (C=O) groups is 5. The lowest BCUT2D eigenvalue weighted by atomic mass is 9.84. The summed E-state index contributed by atoms with van der Waals surface area (Å²) in [6.07, 6.45) is -1.12. The first-order valence-electron chi connectivity index (χ1n) is 13.5. The minimum absolute atomic E-state index is 0.0477. The molecule has 0 bridgehead atoms. The Hall–Kier alpha value is -2.69. The zero-order valence-electron chi connectivity index (χ0n) is 23.9. The Balaban J connectivity index is 1.87. The number of primary amides is 1. The van der Waals surface area contributed by atoms with E-state index in [0.29, 0.717) is 19.5 Å². The van der Waals surface area contributed by atoms with E-state index in [4.69, 9.17) is 5.73 Å². The minimum Gasteiger partial charge on any atom is -0.381 e. The Morgan fingerprint density at radius 1 is 1.13 bits per heavy atom. The predicted octanol–water partition coefficient (Wildman–Crippen LogP) is -0.0964. The Labute approximate surface area is 225 Å². The zero-order valence-corrected chi connectivity index (χ0v) is 23.9. The topological polar surface area (TPSA) is 171 Å². The van der Waals surface area contributed by atoms with Gasteiger partial charge in [-0.25, -0.2) is 0 Å². The summed E-state index contributed by atoms with van der Waals surface area (Å²) < 4.78 is 0. The maximum atomic E-state index is 14.0. The molecule has 0 aromatic heterocycles. The number of carbonyl (C=O) groups excluding carboxylic acids is 5. The van der Waals surface area contributed by atoms with Crippen LogP contribution in [0.3, 0.4) is 0 Å². The van der Waals surface area contributed by atoms with Crippen molar-refractivity contribution in [3.63, 3.8) is 0 Å². The molecule has 2 heterocycles. The first kappa shape index (κ1) is 29.9. The Bertz CT molecular complexity index is 997. The second-order valence-corrected chi connectivity index (χ2v) is 13.9. The average Bonchev–Trinajstić information content (AvgIpc) is 3.14. The smallest absolute Gasteiger partial charge is 0.248 e. The van der Waals surface area contributed by atoms with E-state index in [1.807, 2.05) is 34.6 Å². The zero-order chi connectivity index (χ0) is 29.0. The van der Waals surface area contributed by atoms with Crippen molar-refractivity contribution in [2.24, 2.45) is 39.7 Å². The van der Waals surface area contributed by atoms with Crippen molar-refractivity contribution in [2.45, 2.75) is 92.5 Å². The minimum atomic E-state index is -1.69. The quantitative estimate of drug-likeness (QED) is 0.291. The lowest BCUT2D eigenvalue weighted by Crippen LogP contribution is -2.61. The number of amides is 5. The molecular formula is C27H45N5O6. The molecule has 0 aromatic rings. The second-order valence-electron chi connectivity index (χ2n) is 13.9. The van der Waals surface area contributed by atoms with E-state index in [-0.39, 0.29) is 41.4 Å². The van der Waals surface area contributed by atoms with Crippen LogP contribution in [0.15, 0.2) is 0 Å². The van der Waals surface area contributed by atoms with Gasteiger partial charge < -0.3 is 31.7 Å². The lowest BCUT2D eigenvalue weighted by molar-refractivity contribution is -0.147. The number of nitrogens with one attached hydrogen (secondary N) is 3. The SMILES string of the molecule is CC(C)(C)C(=O)N[C@H](C(=O)N1CC2C(C1C(=O)N[C@@H](C[C@@H]1CCNC1=O)C(O)C(N)=O)C2(C)C)C(C)(C)C. The van der Waals surface area contributed by atoms with Crippen molar-refractivity contribution in [3.05, 3.63) is 0 Å². The highest BCUT2D eigenvalue weighted by molar-refractivity contribution is 5.95. The number of hydrogen-bond donors (Lipinski definition) is 5. The molecule has 11 heteroatoms. The fourth-order valence-electron chi connectivity index (χ4n) is 5.88. The summed E-state index contributed by atoms with van der Waals surface area (Å²) >= 11 is 0. The summed E-state index contributed by atoms with van der Waals surface area (Å²) in [5.74, 6) is -2.82. The van der Waals surface area contributed by atoms with Gasteiger partial charge in [-0.15, -0.1) is 0 Å². The standard InChI is InChI=1S/C27H45N5O6/c1-25(2,3)19(31-24(38)26(4,5)6)23(37)32-12-14-16(27(14,7)8)17(32)22(36)30-15(18(33)20(28)34)11-13-9-10-29-21(13)35/h13-19,33H,9-12H2,1-8H3,(H2,28,34)(H,29,35)(H,30,36)(H,31,38)/t13-,14?,15-,16?,17?,18?,19+/m0/s1. The third-order valence-corrected chi connectivity index (χ3v) is 8.53. The highest BCUT2D eigenvalue weighted by atomic mass is 16.3. The molecule has 3 rings (SSSR count). The van der Waals surface area contributed by atoms with E-state index in [9.17, 15) is 29.1 Å². The van der Waals surface area contributed by atoms with Crippen LogP contribution in [-0.4, -0.2) is 76.9 Å². The third-order valence-electron chi connectivity index (χ3n) is 8.53. The normalized spacial score (nSPS) is 28.6. The summed E-state index contributed by atoms with van der Waals surface area (Å²) in [4.78, 5) is 66.1. The molecule has 3 aliphatic rings. The number of likely N-dealkylation sites (tertiary alicyclic amines) is 1. The van der Waals surface area contributed by atoms with Crippen LogP contribution >= 0.6 is 0 Å². The number of hydrogen-bond acceptors (Lipinski definition) is 6. The number of nitrogens with two attached hydrogens (primary N) is 1. The van der Waals surface area contributed by atoms with Crippen molar-refractivity contribution in [1.82, 2.24) is 20.9 Å². The molecule has 214 valence electrons. The number of piperidine rings is 1. The average molecular weight is 536 g/mol. The molecule has 11 nitrogen and oxygen atoms in total. The van der Waals surface area contributed by atoms with Crippen LogP contribution in [0.2, 0.25) is 0 Å². The maximum Gasteiger partial charge on any atom is 0.248 e. The van der Waals surface area contributed by atoms with Crippen LogP contribution in [0.1, 0.15) is 68.2 Å². The molecule has 2 aliphatic heterocycles. The molecule has 4 unspecified atom stereocenters. The van der Waals surface area contributed by atoms with Crippen LogP contribution in [-0.2, 0) is 24.0 Å². The van der Waals surface area contributed by atoms with Gasteiger partial charge in [0.05, 0.1) is 6.04 Å². The summed E-state index contributed by atoms with van der Waals surface area (Å²) in [7, 11) is 0. The number of rotatable bonds is 8. The van der Waals surface area contributed by atoms with Crippen LogP contribution in [0, 0.1) is 34.0 Å². The summed E-state index contributed by atoms with van der Waals surface area (Å²) in [6, 6.07) is -2.79. The Morgan fingerprint density at radius 3 is 2.21 bits per heavy atom. The fourth-order valence-corrected chi connectivity index (χ4v) is 5.88. The van der Waals surface area contributed by atoms with Crippen LogP contribution in [0.25, 0.3) is 0 Å². The molecule has 38 heavy (non-hydrogen) atoms. The maximum absolute atomic E-state index is 14.0. The summed E-state index contributed by atoms with van der Waals surface area (Å²) in [5, 5.41) is 18.9. The molecule has 2 saturated heterocycles. The Kier molecular flexibility index (Phi) is 7.96. The highest BCUT2D eigenvalue weighted by Gasteiger charge is 2.70. The van der Waals surface area contributed by atoms with E-state index in [1.54, 1.807) is 20.8 Å². The van der Waals surface area contributed by atoms with Gasteiger partial charge in [0.25, 0.3) is 0 Å². The molecule has 1 saturated carbocycles. The van der Waals surface area contributed by atoms with Gasteiger partial charge in [-0.3, -0.25) is 24.0 Å². The highest BCUT2D eigenvalue weighted by Crippen LogP contribution is 2.65. The molecule has 0 spiro atoms. The molecule has 1 aliphatic carbocycles. The van der Waals surface area contributed by atoms with Crippen molar-refractivity contribution in [1.29, 1.82) is 0 Å². The molecule has 7 atom stereocenters. The van der Waals surface area contributed by atoms with Gasteiger partial charge in [0.2, 0.25) is 29.5 Å². The van der Waals surface area contributed by atoms with Gasteiger partial charge in [-0.2, -0.15) is 0 Å². The third kappa shape index (κ3) is 5.82. The van der Waals surface area contributed by atoms with Crippen molar-refractivity contribution < 1.29 is 29.1 Å². The number of aliphatic hydroxyl groups is 1. The van der Waals surface area contributed by atoms with E-state index in [2.05, 4.69) is 16.0 Å². The van der Waals surface area contributed by atoms with Crippen molar-refractivity contribution in [2.75, 3.05) is 13.1 Å². The van der Waals surface area contributed by atoms with Gasteiger partial charge in [0.1, 0.15) is 12.1 Å². The van der Waals surface area contributed by atoms with Gasteiger partial charge in [-0.1, -0.05) is 55.4 Å². The second kappa shape index (κ2) is 10.1. The van der Waals surface area contributed by atoms with Crippen molar-refractivity contribution >= 4 is 29.5 Å². The number of fused-ring (bicyclic) bond motifs is 1. The molecule has 0 radical (unpaired) electrons. The molecule has 5 amide bonds. The fraction of sp³-hybridized carbons (Fsp3) is 0.815. The van der Waals surface area contributed by atoms with Crippen LogP contribution < -0.4 is 21.7 Å². The summed E-state index contributed by atoms with van der Waals surface area (Å²) in [6.45, 7) is 15.8. The van der Waals surface area contributed by atoms with E-state index in [1.165, 1.54) is 4.90 Å². The first-order chi connectivity index (χ1) is 17.3. The largest absolute Gasteiger partial charge is 0.381 e. The molecule has 0 aromatic carbocycles. The molecule has 6 N–H and O–H groups in total. The summed E-state index contributed by atoms with van der Waals surface area (Å²) in [5.41, 5.74) is 3.85. The predicted molar refractivity (Wildman–Crippen MR) is 140 cm³/mol. The van der Waals surface area contributed by atoms with Crippen LogP contribution in [0.4, 0.5) is 0 Å². The molecular weight excluding hydrogens is 490 g/mol.